The molecule has 0 fully saturated rings. The molecule has 0 saturated heterocycles. The fraction of sp³-hybridized carbons (Fsp3) is 0.632. The summed E-state index contributed by atoms with van der Waals surface area (Å²) < 4.78 is 7.14. The molecule has 26 heavy (non-hydrogen) atoms. The van der Waals surface area contributed by atoms with Crippen molar-refractivity contribution in [1.82, 2.24) is 29.7 Å². The lowest BCUT2D eigenvalue weighted by atomic mass is 9.93. The van der Waals surface area contributed by atoms with Gasteiger partial charge in [-0.2, -0.15) is 5.10 Å². The number of rotatable bonds is 5. The fourth-order valence-electron chi connectivity index (χ4n) is 1.91. The molecular formula is C19H34N6O. The van der Waals surface area contributed by atoms with E-state index in [-0.39, 0.29) is 5.41 Å². The van der Waals surface area contributed by atoms with Crippen LogP contribution in [0, 0.1) is 0 Å². The van der Waals surface area contributed by atoms with Crippen molar-refractivity contribution in [2.45, 2.75) is 52.6 Å². The highest BCUT2D eigenvalue weighted by Crippen LogP contribution is 2.25. The molecule has 0 amide bonds. The maximum Gasteiger partial charge on any atom is 0.164 e. The van der Waals surface area contributed by atoms with Crippen LogP contribution in [-0.2, 0) is 12.0 Å². The molecule has 2 rings (SSSR count). The molecule has 0 aliphatic heterocycles. The Hall–Kier alpha value is -2.15. The molecule has 2 aromatic rings. The predicted octanol–water partition coefficient (Wildman–Crippen LogP) is 3.43. The maximum absolute atomic E-state index is 5.26. The van der Waals surface area contributed by atoms with Crippen LogP contribution in [0.25, 0.3) is 5.70 Å². The van der Waals surface area contributed by atoms with Crippen LogP contribution in [0.15, 0.2) is 23.5 Å². The monoisotopic (exact) mass is 362 g/mol. The molecule has 0 atom stereocenters. The molecule has 0 N–H and O–H groups in total. The van der Waals surface area contributed by atoms with E-state index < -0.39 is 0 Å². The minimum absolute atomic E-state index is 0.00214. The predicted molar refractivity (Wildman–Crippen MR) is 106 cm³/mol. The topological polar surface area (TPSA) is 63.2 Å². The third-order valence-corrected chi connectivity index (χ3v) is 3.63. The maximum atomic E-state index is 5.26. The number of nitrogens with zero attached hydrogens (tertiary/aromatic N) is 6. The zero-order valence-electron chi connectivity index (χ0n) is 17.7. The number of hydrogen-bond donors (Lipinski definition) is 0. The van der Waals surface area contributed by atoms with E-state index in [1.807, 2.05) is 43.8 Å². The first-order valence-corrected chi connectivity index (χ1v) is 8.80. The third-order valence-electron chi connectivity index (χ3n) is 3.63. The van der Waals surface area contributed by atoms with Gasteiger partial charge in [-0.15, -0.1) is 0 Å². The summed E-state index contributed by atoms with van der Waals surface area (Å²) in [5.74, 6) is 1.77. The summed E-state index contributed by atoms with van der Waals surface area (Å²) in [6.45, 7) is 15.2. The molecule has 0 radical (unpaired) electrons. The zero-order chi connectivity index (χ0) is 20.1. The molecule has 0 spiro atoms. The van der Waals surface area contributed by atoms with Crippen molar-refractivity contribution in [2.75, 3.05) is 28.2 Å². The second-order valence-corrected chi connectivity index (χ2v) is 8.14. The Morgan fingerprint density at radius 2 is 1.85 bits per heavy atom. The van der Waals surface area contributed by atoms with Crippen molar-refractivity contribution in [1.29, 1.82) is 0 Å². The highest BCUT2D eigenvalue weighted by atomic mass is 16.5. The Balaban J connectivity index is 0.000000263. The standard InChI is InChI=1S/C11H18N2O.C8H16N4/c1-8(13(5)6)9-7-10(14-12-9)11(2,3)4;1-7(2)12-6-9-8(10-12)5-11(3)4/h7H,1H2,2-6H3;6-7H,5H2,1-4H3. The molecule has 0 bridgehead atoms. The van der Waals surface area contributed by atoms with Crippen molar-refractivity contribution < 1.29 is 4.52 Å². The van der Waals surface area contributed by atoms with E-state index in [4.69, 9.17) is 4.52 Å². The van der Waals surface area contributed by atoms with Crippen LogP contribution in [-0.4, -0.2) is 57.9 Å². The lowest BCUT2D eigenvalue weighted by Gasteiger charge is -2.13. The van der Waals surface area contributed by atoms with Crippen molar-refractivity contribution in [2.24, 2.45) is 0 Å². The number of hydrogen-bond acceptors (Lipinski definition) is 6. The normalized spacial score (nSPS) is 11.5. The van der Waals surface area contributed by atoms with Gasteiger partial charge < -0.3 is 14.3 Å². The van der Waals surface area contributed by atoms with Crippen LogP contribution < -0.4 is 0 Å². The Bertz CT molecular complexity index is 691. The minimum Gasteiger partial charge on any atom is -0.376 e. The van der Waals surface area contributed by atoms with E-state index in [0.29, 0.717) is 6.04 Å². The van der Waals surface area contributed by atoms with E-state index in [1.165, 1.54) is 0 Å². The van der Waals surface area contributed by atoms with Crippen molar-refractivity contribution in [3.05, 3.63) is 36.3 Å². The lowest BCUT2D eigenvalue weighted by Crippen LogP contribution is -2.12. The van der Waals surface area contributed by atoms with Crippen LogP contribution in [0.3, 0.4) is 0 Å². The highest BCUT2D eigenvalue weighted by Gasteiger charge is 2.20. The van der Waals surface area contributed by atoms with Crippen LogP contribution in [0.5, 0.6) is 0 Å². The first-order chi connectivity index (χ1) is 11.9. The van der Waals surface area contributed by atoms with Crippen LogP contribution in [0.2, 0.25) is 0 Å². The molecule has 2 heterocycles. The third kappa shape index (κ3) is 6.63. The first-order valence-electron chi connectivity index (χ1n) is 8.80. The molecule has 2 aromatic heterocycles. The Labute approximate surface area is 157 Å². The van der Waals surface area contributed by atoms with Gasteiger partial charge >= 0.3 is 0 Å². The molecule has 0 aromatic carbocycles. The average Bonchev–Trinajstić information content (AvgIpc) is 3.14. The second kappa shape index (κ2) is 8.98. The van der Waals surface area contributed by atoms with Gasteiger partial charge in [0.25, 0.3) is 0 Å². The van der Waals surface area contributed by atoms with Gasteiger partial charge in [0, 0.05) is 31.6 Å². The zero-order valence-corrected chi connectivity index (χ0v) is 17.7. The van der Waals surface area contributed by atoms with Crippen LogP contribution in [0.4, 0.5) is 0 Å². The van der Waals surface area contributed by atoms with E-state index in [2.05, 4.69) is 61.3 Å². The molecule has 0 unspecified atom stereocenters. The summed E-state index contributed by atoms with van der Waals surface area (Å²) in [7, 11) is 7.90. The van der Waals surface area contributed by atoms with Crippen LogP contribution >= 0.6 is 0 Å². The summed E-state index contributed by atoms with van der Waals surface area (Å²) in [4.78, 5) is 8.16. The van der Waals surface area contributed by atoms with Gasteiger partial charge in [0.15, 0.2) is 5.82 Å². The molecule has 0 aliphatic carbocycles. The summed E-state index contributed by atoms with van der Waals surface area (Å²) in [5.41, 5.74) is 1.67. The lowest BCUT2D eigenvalue weighted by molar-refractivity contribution is 0.327. The minimum atomic E-state index is -0.00214. The van der Waals surface area contributed by atoms with E-state index >= 15 is 0 Å². The van der Waals surface area contributed by atoms with Gasteiger partial charge in [0.1, 0.15) is 17.8 Å². The van der Waals surface area contributed by atoms with E-state index in [1.54, 1.807) is 6.33 Å². The summed E-state index contributed by atoms with van der Waals surface area (Å²) in [6, 6.07) is 2.34. The van der Waals surface area contributed by atoms with Gasteiger partial charge in [0.2, 0.25) is 0 Å². The smallest absolute Gasteiger partial charge is 0.164 e. The number of aromatic nitrogens is 4. The molecule has 7 heteroatoms. The van der Waals surface area contributed by atoms with E-state index in [9.17, 15) is 0 Å². The van der Waals surface area contributed by atoms with Crippen LogP contribution in [0.1, 0.15) is 57.9 Å². The van der Waals surface area contributed by atoms with Gasteiger partial charge in [-0.25, -0.2) is 4.98 Å². The molecule has 0 saturated carbocycles. The van der Waals surface area contributed by atoms with Gasteiger partial charge in [-0.05, 0) is 27.9 Å². The molecule has 0 aliphatic rings. The van der Waals surface area contributed by atoms with Crippen molar-refractivity contribution in [3.8, 4) is 0 Å². The summed E-state index contributed by atoms with van der Waals surface area (Å²) in [6.07, 6.45) is 1.78. The Kier molecular flexibility index (Phi) is 7.56. The summed E-state index contributed by atoms with van der Waals surface area (Å²) in [5, 5.41) is 8.30. The van der Waals surface area contributed by atoms with Crippen molar-refractivity contribution >= 4 is 5.70 Å². The fourth-order valence-corrected chi connectivity index (χ4v) is 1.91. The largest absolute Gasteiger partial charge is 0.376 e. The van der Waals surface area contributed by atoms with E-state index in [0.717, 1.165) is 29.5 Å². The first kappa shape index (κ1) is 21.9. The molecule has 7 nitrogen and oxygen atoms in total. The molecule has 146 valence electrons. The van der Waals surface area contributed by atoms with Gasteiger partial charge in [-0.1, -0.05) is 32.5 Å². The van der Waals surface area contributed by atoms with Gasteiger partial charge in [0.05, 0.1) is 12.2 Å². The Morgan fingerprint density at radius 3 is 2.23 bits per heavy atom. The Morgan fingerprint density at radius 1 is 1.23 bits per heavy atom. The second-order valence-electron chi connectivity index (χ2n) is 8.14. The average molecular weight is 363 g/mol. The summed E-state index contributed by atoms with van der Waals surface area (Å²) >= 11 is 0. The highest BCUT2D eigenvalue weighted by molar-refractivity contribution is 5.57. The van der Waals surface area contributed by atoms with Crippen molar-refractivity contribution in [3.63, 3.8) is 0 Å². The van der Waals surface area contributed by atoms with Gasteiger partial charge in [-0.3, -0.25) is 4.68 Å². The quantitative estimate of drug-likeness (QED) is 0.812. The SMILES string of the molecule is C=C(c1cc(C(C)(C)C)on1)N(C)C.CC(C)n1cnc(CN(C)C)n1. The molecular weight excluding hydrogens is 328 g/mol.